The topological polar surface area (TPSA) is 47.0 Å². The molecule has 0 saturated carbocycles. The smallest absolute Gasteiger partial charge is 0.0648 e. The van der Waals surface area contributed by atoms with Gasteiger partial charge in [-0.15, -0.1) is 0 Å². The Morgan fingerprint density at radius 1 is 1.44 bits per heavy atom. The zero-order chi connectivity index (χ0) is 11.5. The summed E-state index contributed by atoms with van der Waals surface area (Å²) in [6, 6.07) is 2.46. The van der Waals surface area contributed by atoms with Gasteiger partial charge in [0.15, 0.2) is 0 Å². The van der Waals surface area contributed by atoms with E-state index in [1.54, 1.807) is 0 Å². The maximum Gasteiger partial charge on any atom is 0.0648 e. The van der Waals surface area contributed by atoms with E-state index in [1.165, 1.54) is 5.56 Å². The summed E-state index contributed by atoms with van der Waals surface area (Å²) in [5.74, 6) is 0.548. The van der Waals surface area contributed by atoms with Crippen LogP contribution < -0.4 is 5.32 Å². The third kappa shape index (κ3) is 2.23. The highest BCUT2D eigenvalue weighted by atomic mass is 16.5. The van der Waals surface area contributed by atoms with E-state index in [9.17, 15) is 0 Å². The third-order valence-corrected chi connectivity index (χ3v) is 3.22. The lowest BCUT2D eigenvalue weighted by Gasteiger charge is -2.23. The van der Waals surface area contributed by atoms with Crippen molar-refractivity contribution in [1.29, 1.82) is 0 Å². The molecule has 4 heteroatoms. The van der Waals surface area contributed by atoms with Crippen LogP contribution in [-0.2, 0) is 4.74 Å². The molecule has 4 nitrogen and oxygen atoms in total. The predicted molar refractivity (Wildman–Crippen MR) is 62.2 cm³/mol. The Morgan fingerprint density at radius 3 is 2.88 bits per heavy atom. The summed E-state index contributed by atoms with van der Waals surface area (Å²) in [4.78, 5) is 0. The number of rotatable bonds is 3. The van der Waals surface area contributed by atoms with Crippen molar-refractivity contribution in [3.63, 3.8) is 0 Å². The second-order valence-electron chi connectivity index (χ2n) is 4.42. The minimum Gasteiger partial charge on any atom is -0.381 e. The number of hydrogen-bond acceptors (Lipinski definition) is 4. The first-order valence-electron chi connectivity index (χ1n) is 5.78. The van der Waals surface area contributed by atoms with Gasteiger partial charge in [0.25, 0.3) is 0 Å². The SMILES string of the molecule is CNC(c1cc(C)nnc1C)C1CCOC1. The van der Waals surface area contributed by atoms with Crippen LogP contribution in [0.1, 0.15) is 29.4 Å². The van der Waals surface area contributed by atoms with Crippen LogP contribution in [0.25, 0.3) is 0 Å². The molecule has 1 aromatic rings. The number of aryl methyl sites for hydroxylation is 2. The Balaban J connectivity index is 2.28. The molecule has 16 heavy (non-hydrogen) atoms. The van der Waals surface area contributed by atoms with E-state index < -0.39 is 0 Å². The molecule has 2 unspecified atom stereocenters. The van der Waals surface area contributed by atoms with E-state index in [0.29, 0.717) is 12.0 Å². The Morgan fingerprint density at radius 2 is 2.25 bits per heavy atom. The van der Waals surface area contributed by atoms with Gasteiger partial charge in [-0.25, -0.2) is 0 Å². The first kappa shape index (κ1) is 11.5. The van der Waals surface area contributed by atoms with Gasteiger partial charge < -0.3 is 10.1 Å². The van der Waals surface area contributed by atoms with Crippen LogP contribution in [0.2, 0.25) is 0 Å². The van der Waals surface area contributed by atoms with Crippen LogP contribution in [0, 0.1) is 19.8 Å². The molecule has 1 aromatic heterocycles. The first-order chi connectivity index (χ1) is 7.72. The summed E-state index contributed by atoms with van der Waals surface area (Å²) in [5, 5.41) is 11.6. The normalized spacial score (nSPS) is 22.3. The van der Waals surface area contributed by atoms with Crippen LogP contribution in [0.3, 0.4) is 0 Å². The molecule has 1 fully saturated rings. The molecule has 2 heterocycles. The lowest BCUT2D eigenvalue weighted by molar-refractivity contribution is 0.177. The van der Waals surface area contributed by atoms with Crippen molar-refractivity contribution in [3.05, 3.63) is 23.0 Å². The van der Waals surface area contributed by atoms with Crippen LogP contribution in [-0.4, -0.2) is 30.5 Å². The molecule has 0 aromatic carbocycles. The van der Waals surface area contributed by atoms with Crippen molar-refractivity contribution in [2.75, 3.05) is 20.3 Å². The van der Waals surface area contributed by atoms with E-state index in [4.69, 9.17) is 4.74 Å². The summed E-state index contributed by atoms with van der Waals surface area (Å²) in [5.41, 5.74) is 3.24. The molecule has 1 aliphatic heterocycles. The van der Waals surface area contributed by atoms with Crippen molar-refractivity contribution in [3.8, 4) is 0 Å². The maximum atomic E-state index is 5.46. The lowest BCUT2D eigenvalue weighted by Crippen LogP contribution is -2.26. The summed E-state index contributed by atoms with van der Waals surface area (Å²) in [6.45, 7) is 5.71. The number of aromatic nitrogens is 2. The predicted octanol–water partition coefficient (Wildman–Crippen LogP) is 1.39. The average molecular weight is 221 g/mol. The number of nitrogens with one attached hydrogen (secondary N) is 1. The molecule has 0 radical (unpaired) electrons. The third-order valence-electron chi connectivity index (χ3n) is 3.22. The van der Waals surface area contributed by atoms with Gasteiger partial charge in [-0.05, 0) is 38.9 Å². The molecule has 1 saturated heterocycles. The fourth-order valence-corrected chi connectivity index (χ4v) is 2.35. The van der Waals surface area contributed by atoms with Crippen molar-refractivity contribution < 1.29 is 4.74 Å². The Kier molecular flexibility index (Phi) is 3.51. The minimum absolute atomic E-state index is 0.330. The van der Waals surface area contributed by atoms with Gasteiger partial charge in [0.1, 0.15) is 0 Å². The van der Waals surface area contributed by atoms with Gasteiger partial charge in [-0.1, -0.05) is 0 Å². The van der Waals surface area contributed by atoms with Gasteiger partial charge in [0, 0.05) is 18.6 Å². The van der Waals surface area contributed by atoms with Gasteiger partial charge in [-0.3, -0.25) is 0 Å². The monoisotopic (exact) mass is 221 g/mol. The summed E-state index contributed by atoms with van der Waals surface area (Å²) < 4.78 is 5.46. The van der Waals surface area contributed by atoms with E-state index in [2.05, 4.69) is 21.6 Å². The van der Waals surface area contributed by atoms with E-state index in [0.717, 1.165) is 31.0 Å². The highest BCUT2D eigenvalue weighted by Gasteiger charge is 2.27. The highest BCUT2D eigenvalue weighted by Crippen LogP contribution is 2.29. The standard InChI is InChI=1S/C12H19N3O/c1-8-6-11(9(2)15-14-8)12(13-3)10-4-5-16-7-10/h6,10,12-13H,4-5,7H2,1-3H3. The largest absolute Gasteiger partial charge is 0.381 e. The number of nitrogens with zero attached hydrogens (tertiary/aromatic N) is 2. The second-order valence-corrected chi connectivity index (χ2v) is 4.42. The van der Waals surface area contributed by atoms with E-state index >= 15 is 0 Å². The zero-order valence-corrected chi connectivity index (χ0v) is 10.2. The van der Waals surface area contributed by atoms with E-state index in [1.807, 2.05) is 20.9 Å². The van der Waals surface area contributed by atoms with Crippen LogP contribution >= 0.6 is 0 Å². The molecular weight excluding hydrogens is 202 g/mol. The molecule has 0 spiro atoms. The Labute approximate surface area is 96.4 Å². The van der Waals surface area contributed by atoms with Crippen LogP contribution in [0.15, 0.2) is 6.07 Å². The van der Waals surface area contributed by atoms with Crippen molar-refractivity contribution in [2.24, 2.45) is 5.92 Å². The van der Waals surface area contributed by atoms with E-state index in [-0.39, 0.29) is 0 Å². The summed E-state index contributed by atoms with van der Waals surface area (Å²) in [6.07, 6.45) is 1.12. The van der Waals surface area contributed by atoms with Crippen molar-refractivity contribution >= 4 is 0 Å². The minimum atomic E-state index is 0.330. The molecule has 88 valence electrons. The highest BCUT2D eigenvalue weighted by molar-refractivity contribution is 5.24. The fourth-order valence-electron chi connectivity index (χ4n) is 2.35. The lowest BCUT2D eigenvalue weighted by atomic mass is 9.91. The quantitative estimate of drug-likeness (QED) is 0.838. The molecule has 0 amide bonds. The molecule has 1 N–H and O–H groups in total. The molecule has 0 bridgehead atoms. The summed E-state index contributed by atoms with van der Waals surface area (Å²) in [7, 11) is 2.00. The van der Waals surface area contributed by atoms with Crippen molar-refractivity contribution in [1.82, 2.24) is 15.5 Å². The van der Waals surface area contributed by atoms with Crippen LogP contribution in [0.4, 0.5) is 0 Å². The fraction of sp³-hybridized carbons (Fsp3) is 0.667. The Bertz CT molecular complexity index is 361. The second kappa shape index (κ2) is 4.89. The Hall–Kier alpha value is -1.00. The van der Waals surface area contributed by atoms with Gasteiger partial charge in [0.05, 0.1) is 18.0 Å². The summed E-state index contributed by atoms with van der Waals surface area (Å²) >= 11 is 0. The number of ether oxygens (including phenoxy) is 1. The maximum absolute atomic E-state index is 5.46. The van der Waals surface area contributed by atoms with Crippen LogP contribution in [0.5, 0.6) is 0 Å². The average Bonchev–Trinajstić information content (AvgIpc) is 2.78. The van der Waals surface area contributed by atoms with Gasteiger partial charge >= 0.3 is 0 Å². The molecule has 0 aliphatic carbocycles. The molecule has 2 atom stereocenters. The first-order valence-corrected chi connectivity index (χ1v) is 5.78. The number of hydrogen-bond donors (Lipinski definition) is 1. The molecular formula is C12H19N3O. The van der Waals surface area contributed by atoms with Crippen molar-refractivity contribution in [2.45, 2.75) is 26.3 Å². The molecule has 1 aliphatic rings. The zero-order valence-electron chi connectivity index (χ0n) is 10.2. The van der Waals surface area contributed by atoms with Gasteiger partial charge in [-0.2, -0.15) is 10.2 Å². The molecule has 2 rings (SSSR count). The van der Waals surface area contributed by atoms with Gasteiger partial charge in [0.2, 0.25) is 0 Å².